The zero-order chi connectivity index (χ0) is 17.5. The smallest absolute Gasteiger partial charge is 0.317 e. The first-order valence-corrected chi connectivity index (χ1v) is 8.03. The van der Waals surface area contributed by atoms with Crippen LogP contribution in [0.1, 0.15) is 12.8 Å². The molecule has 0 radical (unpaired) electrons. The van der Waals surface area contributed by atoms with Gasteiger partial charge < -0.3 is 19.8 Å². The summed E-state index contributed by atoms with van der Waals surface area (Å²) in [5.74, 6) is -0.221. The molecule has 1 amide bonds. The number of carboxylic acids is 1. The van der Waals surface area contributed by atoms with E-state index in [1.807, 2.05) is 30.3 Å². The summed E-state index contributed by atoms with van der Waals surface area (Å²) in [7, 11) is 1.64. The standard InChI is InChI=1S/C17H24N2O5/c1-18(12-17(22)23)14-10-19(11-15(14)20)16(21)8-5-9-24-13-6-3-2-4-7-13/h2-4,6-7,14-15,20H,5,8-12H2,1H3,(H,22,23)/t14-,15+/m0/s1. The Morgan fingerprint density at radius 3 is 2.67 bits per heavy atom. The third-order valence-electron chi connectivity index (χ3n) is 4.11. The van der Waals surface area contributed by atoms with Gasteiger partial charge >= 0.3 is 5.97 Å². The first-order chi connectivity index (χ1) is 11.5. The van der Waals surface area contributed by atoms with Crippen LogP contribution in [0.5, 0.6) is 5.75 Å². The molecule has 0 aromatic heterocycles. The van der Waals surface area contributed by atoms with Gasteiger partial charge in [-0.1, -0.05) is 18.2 Å². The molecule has 1 aromatic carbocycles. The second kappa shape index (κ2) is 8.65. The van der Waals surface area contributed by atoms with Crippen LogP contribution in [0, 0.1) is 0 Å². The molecule has 24 heavy (non-hydrogen) atoms. The number of ether oxygens (including phenoxy) is 1. The van der Waals surface area contributed by atoms with Gasteiger partial charge in [0.25, 0.3) is 0 Å². The van der Waals surface area contributed by atoms with Crippen LogP contribution in [0.3, 0.4) is 0 Å². The molecule has 0 aliphatic carbocycles. The van der Waals surface area contributed by atoms with E-state index in [2.05, 4.69) is 0 Å². The summed E-state index contributed by atoms with van der Waals surface area (Å²) in [5, 5.41) is 18.9. The third-order valence-corrected chi connectivity index (χ3v) is 4.11. The number of para-hydroxylation sites is 1. The number of aliphatic carboxylic acids is 1. The summed E-state index contributed by atoms with van der Waals surface area (Å²) < 4.78 is 5.55. The van der Waals surface area contributed by atoms with E-state index in [0.717, 1.165) is 5.75 Å². The van der Waals surface area contributed by atoms with Crippen LogP contribution in [0.4, 0.5) is 0 Å². The Hall–Kier alpha value is -2.12. The Balaban J connectivity index is 1.72. The maximum absolute atomic E-state index is 12.2. The van der Waals surface area contributed by atoms with Gasteiger partial charge in [-0.3, -0.25) is 14.5 Å². The third kappa shape index (κ3) is 5.21. The number of likely N-dealkylation sites (N-methyl/N-ethyl adjacent to an activating group) is 1. The molecule has 1 saturated heterocycles. The van der Waals surface area contributed by atoms with Gasteiger partial charge in [0, 0.05) is 19.5 Å². The SMILES string of the molecule is CN(CC(=O)O)[C@H]1CN(C(=O)CCCOc2ccccc2)C[C@H]1O. The topological polar surface area (TPSA) is 90.3 Å². The summed E-state index contributed by atoms with van der Waals surface area (Å²) in [6, 6.07) is 9.07. The van der Waals surface area contributed by atoms with Crippen LogP contribution >= 0.6 is 0 Å². The number of hydrogen-bond acceptors (Lipinski definition) is 5. The highest BCUT2D eigenvalue weighted by atomic mass is 16.5. The van der Waals surface area contributed by atoms with E-state index in [9.17, 15) is 14.7 Å². The van der Waals surface area contributed by atoms with Crippen molar-refractivity contribution in [2.45, 2.75) is 25.0 Å². The van der Waals surface area contributed by atoms with Crippen molar-refractivity contribution in [3.63, 3.8) is 0 Å². The summed E-state index contributed by atoms with van der Waals surface area (Å²) >= 11 is 0. The molecule has 0 spiro atoms. The van der Waals surface area contributed by atoms with Crippen molar-refractivity contribution in [1.82, 2.24) is 9.80 Å². The van der Waals surface area contributed by atoms with Crippen LogP contribution in [0.15, 0.2) is 30.3 Å². The molecule has 1 fully saturated rings. The number of carbonyl (C=O) groups excluding carboxylic acids is 1. The molecular weight excluding hydrogens is 312 g/mol. The minimum absolute atomic E-state index is 0.0445. The normalized spacial score (nSPS) is 20.4. The quantitative estimate of drug-likeness (QED) is 0.669. The molecule has 7 nitrogen and oxygen atoms in total. The molecule has 0 unspecified atom stereocenters. The summed E-state index contributed by atoms with van der Waals surface area (Å²) in [4.78, 5) is 26.1. The van der Waals surface area contributed by atoms with Crippen LogP contribution < -0.4 is 4.74 Å². The fourth-order valence-corrected chi connectivity index (χ4v) is 2.83. The van der Waals surface area contributed by atoms with Gasteiger partial charge in [-0.05, 0) is 25.6 Å². The van der Waals surface area contributed by atoms with Crippen molar-refractivity contribution in [3.8, 4) is 5.75 Å². The van der Waals surface area contributed by atoms with Crippen LogP contribution in [-0.2, 0) is 9.59 Å². The zero-order valence-electron chi connectivity index (χ0n) is 13.8. The predicted octanol–water partition coefficient (Wildman–Crippen LogP) is 0.434. The fraction of sp³-hybridized carbons (Fsp3) is 0.529. The van der Waals surface area contributed by atoms with Crippen molar-refractivity contribution in [2.75, 3.05) is 33.3 Å². The van der Waals surface area contributed by atoms with Gasteiger partial charge in [0.15, 0.2) is 0 Å². The number of aliphatic hydroxyl groups is 1. The Morgan fingerprint density at radius 2 is 2.00 bits per heavy atom. The number of carbonyl (C=O) groups is 2. The molecule has 2 atom stereocenters. The molecule has 1 aromatic rings. The maximum atomic E-state index is 12.2. The number of amides is 1. The number of nitrogens with zero attached hydrogens (tertiary/aromatic N) is 2. The Bertz CT molecular complexity index is 551. The summed E-state index contributed by atoms with van der Waals surface area (Å²) in [5.41, 5.74) is 0. The van der Waals surface area contributed by atoms with Gasteiger partial charge in [0.1, 0.15) is 5.75 Å². The lowest BCUT2D eigenvalue weighted by atomic mass is 10.2. The fourth-order valence-electron chi connectivity index (χ4n) is 2.83. The van der Waals surface area contributed by atoms with Gasteiger partial charge in [0.2, 0.25) is 5.91 Å². The van der Waals surface area contributed by atoms with E-state index < -0.39 is 12.1 Å². The number of β-amino-alcohol motifs (C(OH)–C–C–N with tert-alkyl or cyclic N) is 1. The van der Waals surface area contributed by atoms with Gasteiger partial charge in [-0.25, -0.2) is 0 Å². The molecule has 2 N–H and O–H groups in total. The molecular formula is C17H24N2O5. The largest absolute Gasteiger partial charge is 0.494 e. The molecule has 1 aliphatic heterocycles. The highest BCUT2D eigenvalue weighted by molar-refractivity contribution is 5.76. The Labute approximate surface area is 141 Å². The van der Waals surface area contributed by atoms with Crippen molar-refractivity contribution in [1.29, 1.82) is 0 Å². The van der Waals surface area contributed by atoms with Crippen molar-refractivity contribution >= 4 is 11.9 Å². The number of likely N-dealkylation sites (tertiary alicyclic amines) is 1. The van der Waals surface area contributed by atoms with Crippen molar-refractivity contribution in [3.05, 3.63) is 30.3 Å². The number of benzene rings is 1. The number of carboxylic acid groups (broad SMARTS) is 1. The number of hydrogen-bond donors (Lipinski definition) is 2. The first kappa shape index (κ1) is 18.2. The molecule has 1 aliphatic rings. The molecule has 2 rings (SSSR count). The van der Waals surface area contributed by atoms with E-state index in [1.54, 1.807) is 16.8 Å². The van der Waals surface area contributed by atoms with Gasteiger partial charge in [-0.2, -0.15) is 0 Å². The molecule has 0 bridgehead atoms. The van der Waals surface area contributed by atoms with E-state index in [1.165, 1.54) is 0 Å². The monoisotopic (exact) mass is 336 g/mol. The summed E-state index contributed by atoms with van der Waals surface area (Å²) in [6.45, 7) is 0.888. The van der Waals surface area contributed by atoms with Gasteiger partial charge in [0.05, 0.1) is 25.3 Å². The average Bonchev–Trinajstić information content (AvgIpc) is 2.94. The highest BCUT2D eigenvalue weighted by Gasteiger charge is 2.36. The van der Waals surface area contributed by atoms with E-state index in [0.29, 0.717) is 26.0 Å². The lowest BCUT2D eigenvalue weighted by Crippen LogP contribution is -2.43. The lowest BCUT2D eigenvalue weighted by molar-refractivity contribution is -0.138. The highest BCUT2D eigenvalue weighted by Crippen LogP contribution is 2.17. The first-order valence-electron chi connectivity index (χ1n) is 8.03. The second-order valence-corrected chi connectivity index (χ2v) is 6.01. The van der Waals surface area contributed by atoms with Crippen molar-refractivity contribution < 1.29 is 24.5 Å². The average molecular weight is 336 g/mol. The van der Waals surface area contributed by atoms with Crippen LogP contribution in [-0.4, -0.2) is 77.3 Å². The van der Waals surface area contributed by atoms with E-state index in [4.69, 9.17) is 9.84 Å². The second-order valence-electron chi connectivity index (χ2n) is 6.01. The maximum Gasteiger partial charge on any atom is 0.317 e. The number of rotatable bonds is 8. The molecule has 7 heteroatoms. The summed E-state index contributed by atoms with van der Waals surface area (Å²) in [6.07, 6.45) is 0.212. The zero-order valence-corrected chi connectivity index (χ0v) is 13.8. The minimum Gasteiger partial charge on any atom is -0.494 e. The molecule has 0 saturated carbocycles. The van der Waals surface area contributed by atoms with Crippen LogP contribution in [0.2, 0.25) is 0 Å². The van der Waals surface area contributed by atoms with E-state index in [-0.39, 0.29) is 25.0 Å². The van der Waals surface area contributed by atoms with Gasteiger partial charge in [-0.15, -0.1) is 0 Å². The number of aliphatic hydroxyl groups excluding tert-OH is 1. The van der Waals surface area contributed by atoms with Crippen LogP contribution in [0.25, 0.3) is 0 Å². The lowest BCUT2D eigenvalue weighted by Gasteiger charge is -2.24. The predicted molar refractivity (Wildman–Crippen MR) is 87.8 cm³/mol. The molecule has 132 valence electrons. The minimum atomic E-state index is -0.951. The molecule has 1 heterocycles. The van der Waals surface area contributed by atoms with Crippen molar-refractivity contribution in [2.24, 2.45) is 0 Å². The Morgan fingerprint density at radius 1 is 1.29 bits per heavy atom. The Kier molecular flexibility index (Phi) is 6.57. The van der Waals surface area contributed by atoms with E-state index >= 15 is 0 Å².